The van der Waals surface area contributed by atoms with Gasteiger partial charge in [0.2, 0.25) is 0 Å². The van der Waals surface area contributed by atoms with E-state index in [4.69, 9.17) is 42.5 Å². The molecule has 41 heavy (non-hydrogen) atoms. The topological polar surface area (TPSA) is 87.7 Å². The fourth-order valence-corrected chi connectivity index (χ4v) is 6.37. The molecule has 0 unspecified atom stereocenters. The second kappa shape index (κ2) is 12.3. The molecule has 0 saturated carbocycles. The molecule has 0 aliphatic heterocycles. The lowest BCUT2D eigenvalue weighted by molar-refractivity contribution is 0.0740. The third kappa shape index (κ3) is 6.63. The van der Waals surface area contributed by atoms with Gasteiger partial charge in [-0.05, 0) is 81.5 Å². The average Bonchev–Trinajstić information content (AvgIpc) is 3.34. The van der Waals surface area contributed by atoms with Crippen LogP contribution in [0.5, 0.6) is 0 Å². The van der Waals surface area contributed by atoms with E-state index in [1.165, 1.54) is 23.9 Å². The van der Waals surface area contributed by atoms with Crippen molar-refractivity contribution in [3.8, 4) is 16.8 Å². The van der Waals surface area contributed by atoms with Crippen molar-refractivity contribution in [3.05, 3.63) is 99.1 Å². The number of nitrogens with zero attached hydrogens (tertiary/aromatic N) is 2. The number of aliphatic hydroxyl groups is 1. The lowest BCUT2D eigenvalue weighted by Crippen LogP contribution is -2.25. The van der Waals surface area contributed by atoms with Gasteiger partial charge in [-0.15, -0.1) is 11.8 Å². The first-order chi connectivity index (χ1) is 19.1. The van der Waals surface area contributed by atoms with Crippen LogP contribution in [0.15, 0.2) is 59.6 Å². The van der Waals surface area contributed by atoms with Gasteiger partial charge in [-0.3, -0.25) is 4.57 Å². The summed E-state index contributed by atoms with van der Waals surface area (Å²) in [7, 11) is -2.63. The molecule has 4 aromatic rings. The van der Waals surface area contributed by atoms with Crippen LogP contribution in [0.4, 0.5) is 8.78 Å². The van der Waals surface area contributed by atoms with Crippen molar-refractivity contribution in [2.24, 2.45) is 0 Å². The average molecular weight is 642 g/mol. The van der Waals surface area contributed by atoms with Gasteiger partial charge in [0.05, 0.1) is 23.4 Å². The monoisotopic (exact) mass is 640 g/mol. The molecule has 0 radical (unpaired) electrons. The van der Waals surface area contributed by atoms with Gasteiger partial charge in [-0.25, -0.2) is 13.8 Å². The Morgan fingerprint density at radius 2 is 1.61 bits per heavy atom. The molecule has 4 rings (SSSR count). The standard InChI is InChI=1S/C29H29Cl2F2N2O4PS/c1-28(2,26-19(30)7-6-8-20(26)31)27-34-25(29(3,4)36)14-35(27)23-10-9-16(11-22(23)33)17-12-21(32)18(15-39-40(37)38)24(13-17)41-5/h6-14,36-38H,15H2,1-5H3. The Labute approximate surface area is 252 Å². The van der Waals surface area contributed by atoms with Gasteiger partial charge in [-0.1, -0.05) is 35.3 Å². The lowest BCUT2D eigenvalue weighted by Gasteiger charge is -2.28. The smallest absolute Gasteiger partial charge is 0.327 e. The molecule has 0 bridgehead atoms. The highest BCUT2D eigenvalue weighted by Gasteiger charge is 2.35. The van der Waals surface area contributed by atoms with E-state index in [-0.39, 0.29) is 17.9 Å². The molecule has 218 valence electrons. The van der Waals surface area contributed by atoms with Gasteiger partial charge >= 0.3 is 8.60 Å². The first kappa shape index (κ1) is 31.9. The largest absolute Gasteiger partial charge is 0.384 e. The number of imidazole rings is 1. The fourth-order valence-electron chi connectivity index (χ4n) is 4.61. The molecular weight excluding hydrogens is 612 g/mol. The number of benzene rings is 3. The Hall–Kier alpha value is -2.07. The Morgan fingerprint density at radius 3 is 2.17 bits per heavy atom. The van der Waals surface area contributed by atoms with Crippen LogP contribution in [-0.4, -0.2) is 30.7 Å². The Kier molecular flexibility index (Phi) is 9.53. The molecule has 0 atom stereocenters. The number of aromatic nitrogens is 2. The number of thioether (sulfide) groups is 1. The predicted octanol–water partition coefficient (Wildman–Crippen LogP) is 8.13. The lowest BCUT2D eigenvalue weighted by atomic mass is 9.83. The van der Waals surface area contributed by atoms with Gasteiger partial charge in [0.1, 0.15) is 23.1 Å². The Morgan fingerprint density at radius 1 is 0.976 bits per heavy atom. The number of hydrogen-bond acceptors (Lipinski definition) is 6. The minimum absolute atomic E-state index is 0.165. The summed E-state index contributed by atoms with van der Waals surface area (Å²) in [4.78, 5) is 23.3. The third-order valence-electron chi connectivity index (χ3n) is 6.72. The summed E-state index contributed by atoms with van der Waals surface area (Å²) >= 11 is 14.4. The summed E-state index contributed by atoms with van der Waals surface area (Å²) in [5, 5.41) is 11.6. The second-order valence-corrected chi connectivity index (χ2v) is 12.9. The SMILES string of the molecule is CSc1cc(-c2ccc(-n3cc(C(C)(C)O)nc3C(C)(C)c3c(Cl)cccc3Cl)c(F)c2)cc(F)c1COP(O)O. The minimum Gasteiger partial charge on any atom is -0.384 e. The van der Waals surface area contributed by atoms with E-state index in [1.807, 2.05) is 13.8 Å². The number of halogens is 4. The molecular formula is C29H29Cl2F2N2O4PS. The summed E-state index contributed by atoms with van der Waals surface area (Å²) in [5.41, 5.74) is -0.0859. The first-order valence-electron chi connectivity index (χ1n) is 12.4. The molecule has 0 fully saturated rings. The quantitative estimate of drug-likeness (QED) is 0.126. The van der Waals surface area contributed by atoms with E-state index in [0.29, 0.717) is 43.1 Å². The van der Waals surface area contributed by atoms with Crippen LogP contribution < -0.4 is 0 Å². The van der Waals surface area contributed by atoms with Crippen molar-refractivity contribution in [2.45, 2.75) is 50.2 Å². The summed E-state index contributed by atoms with van der Waals surface area (Å²) < 4.78 is 37.3. The van der Waals surface area contributed by atoms with E-state index in [9.17, 15) is 5.11 Å². The zero-order valence-electron chi connectivity index (χ0n) is 22.9. The highest BCUT2D eigenvalue weighted by molar-refractivity contribution is 7.98. The normalized spacial score (nSPS) is 12.4. The zero-order valence-corrected chi connectivity index (χ0v) is 26.1. The van der Waals surface area contributed by atoms with Crippen LogP contribution in [0, 0.1) is 11.6 Å². The molecule has 1 aromatic heterocycles. The fraction of sp³-hybridized carbons (Fsp3) is 0.276. The molecule has 3 aromatic carbocycles. The molecule has 0 aliphatic carbocycles. The van der Waals surface area contributed by atoms with E-state index < -0.39 is 31.3 Å². The summed E-state index contributed by atoms with van der Waals surface area (Å²) in [6.07, 6.45) is 3.33. The maximum absolute atomic E-state index is 15.9. The first-order valence-corrected chi connectivity index (χ1v) is 15.5. The third-order valence-corrected chi connectivity index (χ3v) is 8.51. The minimum atomic E-state index is -2.63. The second-order valence-electron chi connectivity index (χ2n) is 10.4. The van der Waals surface area contributed by atoms with Crippen molar-refractivity contribution < 1.29 is 28.2 Å². The molecule has 3 N–H and O–H groups in total. The van der Waals surface area contributed by atoms with Crippen molar-refractivity contribution in [1.82, 2.24) is 9.55 Å². The Bertz CT molecular complexity index is 1570. The van der Waals surface area contributed by atoms with E-state index >= 15 is 8.78 Å². The molecule has 0 aliphatic rings. The highest BCUT2D eigenvalue weighted by atomic mass is 35.5. The van der Waals surface area contributed by atoms with Crippen LogP contribution in [-0.2, 0) is 22.1 Å². The number of hydrogen-bond donors (Lipinski definition) is 3. The maximum Gasteiger partial charge on any atom is 0.327 e. The molecule has 0 amide bonds. The van der Waals surface area contributed by atoms with E-state index in [2.05, 4.69) is 0 Å². The molecule has 12 heteroatoms. The van der Waals surface area contributed by atoms with Crippen molar-refractivity contribution in [1.29, 1.82) is 0 Å². The maximum atomic E-state index is 15.9. The zero-order chi connectivity index (χ0) is 30.3. The van der Waals surface area contributed by atoms with Crippen molar-refractivity contribution in [2.75, 3.05) is 6.26 Å². The van der Waals surface area contributed by atoms with Crippen molar-refractivity contribution >= 4 is 43.6 Å². The highest BCUT2D eigenvalue weighted by Crippen LogP contribution is 2.42. The van der Waals surface area contributed by atoms with Gasteiger partial charge in [0, 0.05) is 32.3 Å². The molecule has 0 spiro atoms. The summed E-state index contributed by atoms with van der Waals surface area (Å²) in [6.45, 7) is 6.61. The summed E-state index contributed by atoms with van der Waals surface area (Å²) in [6, 6.07) is 12.6. The van der Waals surface area contributed by atoms with E-state index in [0.717, 1.165) is 0 Å². The van der Waals surface area contributed by atoms with Crippen LogP contribution in [0.1, 0.15) is 50.3 Å². The molecule has 0 saturated heterocycles. The predicted molar refractivity (Wildman–Crippen MR) is 161 cm³/mol. The van der Waals surface area contributed by atoms with Crippen LogP contribution in [0.25, 0.3) is 16.8 Å². The summed E-state index contributed by atoms with van der Waals surface area (Å²) in [5.74, 6) is -0.809. The van der Waals surface area contributed by atoms with Crippen molar-refractivity contribution in [3.63, 3.8) is 0 Å². The van der Waals surface area contributed by atoms with Gasteiger partial charge in [-0.2, -0.15) is 0 Å². The molecule has 1 heterocycles. The molecule has 6 nitrogen and oxygen atoms in total. The van der Waals surface area contributed by atoms with Crippen LogP contribution >= 0.6 is 43.6 Å². The van der Waals surface area contributed by atoms with Crippen LogP contribution in [0.2, 0.25) is 10.0 Å². The van der Waals surface area contributed by atoms with Gasteiger partial charge in [0.15, 0.2) is 0 Å². The Balaban J connectivity index is 1.83. The van der Waals surface area contributed by atoms with E-state index in [1.54, 1.807) is 67.3 Å². The number of rotatable bonds is 9. The van der Waals surface area contributed by atoms with Gasteiger partial charge < -0.3 is 19.4 Å². The van der Waals surface area contributed by atoms with Gasteiger partial charge in [0.25, 0.3) is 0 Å². The van der Waals surface area contributed by atoms with Crippen LogP contribution in [0.3, 0.4) is 0 Å².